The number of carbonyl (C=O) groups is 1. The summed E-state index contributed by atoms with van der Waals surface area (Å²) in [5.74, 6) is 0.919. The van der Waals surface area contributed by atoms with Gasteiger partial charge in [-0.05, 0) is 74.9 Å². The number of hydrogen-bond donors (Lipinski definition) is 1. The van der Waals surface area contributed by atoms with Crippen LogP contribution in [0.4, 0.5) is 0 Å². The van der Waals surface area contributed by atoms with Crippen molar-refractivity contribution in [2.24, 2.45) is 0 Å². The van der Waals surface area contributed by atoms with E-state index in [1.807, 2.05) is 30.3 Å². The molecule has 1 N–H and O–H groups in total. The average Bonchev–Trinajstić information content (AvgIpc) is 2.48. The van der Waals surface area contributed by atoms with Crippen LogP contribution in [0.1, 0.15) is 11.1 Å². The zero-order chi connectivity index (χ0) is 15.9. The molecule has 116 valence electrons. The van der Waals surface area contributed by atoms with E-state index >= 15 is 0 Å². The third-order valence-corrected chi connectivity index (χ3v) is 4.81. The molecular weight excluding hydrogens is 504 g/mol. The lowest BCUT2D eigenvalue weighted by Gasteiger charge is -2.10. The van der Waals surface area contributed by atoms with Gasteiger partial charge in [0.05, 0.1) is 20.7 Å². The van der Waals surface area contributed by atoms with Gasteiger partial charge in [0.1, 0.15) is 5.75 Å². The summed E-state index contributed by atoms with van der Waals surface area (Å²) in [7, 11) is 1.66. The molecule has 0 radical (unpaired) electrons. The Morgan fingerprint density at radius 1 is 1.09 bits per heavy atom. The first kappa shape index (κ1) is 17.5. The summed E-state index contributed by atoms with van der Waals surface area (Å²) in [6.07, 6.45) is 1.25. The summed E-state index contributed by atoms with van der Waals surface area (Å²) >= 11 is 4.47. The van der Waals surface area contributed by atoms with E-state index in [1.165, 1.54) is 5.56 Å². The minimum Gasteiger partial charge on any atom is -0.495 e. The minimum atomic E-state index is 0.0488. The molecule has 2 aromatic rings. The van der Waals surface area contributed by atoms with E-state index in [2.05, 4.69) is 62.6 Å². The third kappa shape index (κ3) is 5.12. The van der Waals surface area contributed by atoms with Crippen molar-refractivity contribution in [2.45, 2.75) is 12.8 Å². The quantitative estimate of drug-likeness (QED) is 0.588. The zero-order valence-corrected chi connectivity index (χ0v) is 16.6. The van der Waals surface area contributed by atoms with Gasteiger partial charge in [-0.15, -0.1) is 0 Å². The Morgan fingerprint density at radius 3 is 2.32 bits per heavy atom. The van der Waals surface area contributed by atoms with Crippen molar-refractivity contribution < 1.29 is 9.53 Å². The largest absolute Gasteiger partial charge is 0.495 e. The molecule has 0 aliphatic heterocycles. The van der Waals surface area contributed by atoms with Crippen LogP contribution in [0.5, 0.6) is 5.75 Å². The van der Waals surface area contributed by atoms with Crippen molar-refractivity contribution in [3.8, 4) is 5.75 Å². The van der Waals surface area contributed by atoms with Gasteiger partial charge in [0.2, 0.25) is 5.91 Å². The summed E-state index contributed by atoms with van der Waals surface area (Å²) in [6.45, 7) is 0.660. The van der Waals surface area contributed by atoms with Crippen molar-refractivity contribution in [1.82, 2.24) is 5.32 Å². The Balaban J connectivity index is 1.87. The second-order valence-corrected chi connectivity index (χ2v) is 7.18. The Hall–Kier alpha value is -0.830. The van der Waals surface area contributed by atoms with Crippen LogP contribution < -0.4 is 10.1 Å². The topological polar surface area (TPSA) is 38.3 Å². The highest BCUT2D eigenvalue weighted by Crippen LogP contribution is 2.28. The number of halogens is 2. The number of carbonyl (C=O) groups excluding carboxylic acids is 1. The molecule has 0 unspecified atom stereocenters. The van der Waals surface area contributed by atoms with E-state index in [1.54, 1.807) is 7.11 Å². The van der Waals surface area contributed by atoms with Gasteiger partial charge in [0.25, 0.3) is 0 Å². The maximum absolute atomic E-state index is 12.0. The summed E-state index contributed by atoms with van der Waals surface area (Å²) in [6, 6.07) is 14.2. The van der Waals surface area contributed by atoms with Gasteiger partial charge in [-0.3, -0.25) is 4.79 Å². The summed E-state index contributed by atoms with van der Waals surface area (Å²) < 4.78 is 7.39. The standard InChI is InChI=1S/C17H17I2NO2/c1-22-17-14(18)9-13(10-15(17)19)11-16(21)20-8-7-12-5-3-2-4-6-12/h2-6,9-10H,7-8,11H2,1H3,(H,20,21). The SMILES string of the molecule is COc1c(I)cc(CC(=O)NCCc2ccccc2)cc1I. The smallest absolute Gasteiger partial charge is 0.224 e. The maximum Gasteiger partial charge on any atom is 0.224 e. The molecular formula is C17H17I2NO2. The van der Waals surface area contributed by atoms with Crippen LogP contribution in [0.25, 0.3) is 0 Å². The van der Waals surface area contributed by atoms with Crippen LogP contribution in [0.3, 0.4) is 0 Å². The van der Waals surface area contributed by atoms with Gasteiger partial charge >= 0.3 is 0 Å². The first-order valence-corrected chi connectivity index (χ1v) is 9.08. The normalized spacial score (nSPS) is 10.3. The van der Waals surface area contributed by atoms with Crippen LogP contribution in [0, 0.1) is 7.14 Å². The highest BCUT2D eigenvalue weighted by atomic mass is 127. The molecule has 3 nitrogen and oxygen atoms in total. The van der Waals surface area contributed by atoms with E-state index in [9.17, 15) is 4.79 Å². The number of hydrogen-bond acceptors (Lipinski definition) is 2. The average molecular weight is 521 g/mol. The molecule has 0 heterocycles. The third-order valence-electron chi connectivity index (χ3n) is 3.21. The fourth-order valence-corrected chi connectivity index (χ4v) is 4.49. The number of amides is 1. The molecule has 0 bridgehead atoms. The Kier molecular flexibility index (Phi) is 6.94. The van der Waals surface area contributed by atoms with Crippen molar-refractivity contribution in [3.63, 3.8) is 0 Å². The monoisotopic (exact) mass is 521 g/mol. The second-order valence-electron chi connectivity index (χ2n) is 4.86. The fraction of sp³-hybridized carbons (Fsp3) is 0.235. The Bertz CT molecular complexity index is 621. The van der Waals surface area contributed by atoms with Gasteiger partial charge in [-0.25, -0.2) is 0 Å². The van der Waals surface area contributed by atoms with Crippen molar-refractivity contribution in [2.75, 3.05) is 13.7 Å². The molecule has 0 saturated heterocycles. The van der Waals surface area contributed by atoms with Crippen LogP contribution in [0.15, 0.2) is 42.5 Å². The van der Waals surface area contributed by atoms with E-state index in [0.29, 0.717) is 13.0 Å². The molecule has 0 aromatic heterocycles. The van der Waals surface area contributed by atoms with Gasteiger partial charge in [0, 0.05) is 6.54 Å². The lowest BCUT2D eigenvalue weighted by Crippen LogP contribution is -2.27. The molecule has 0 fully saturated rings. The molecule has 0 atom stereocenters. The first-order chi connectivity index (χ1) is 10.6. The molecule has 2 rings (SSSR count). The van der Waals surface area contributed by atoms with E-state index in [0.717, 1.165) is 24.9 Å². The summed E-state index contributed by atoms with van der Waals surface area (Å²) in [4.78, 5) is 12.0. The summed E-state index contributed by atoms with van der Waals surface area (Å²) in [5.41, 5.74) is 2.24. The zero-order valence-electron chi connectivity index (χ0n) is 12.2. The molecule has 0 spiro atoms. The highest BCUT2D eigenvalue weighted by Gasteiger charge is 2.10. The number of benzene rings is 2. The predicted octanol–water partition coefficient (Wildman–Crippen LogP) is 3.81. The van der Waals surface area contributed by atoms with Gasteiger partial charge in [-0.2, -0.15) is 0 Å². The van der Waals surface area contributed by atoms with E-state index in [4.69, 9.17) is 4.74 Å². The fourth-order valence-electron chi connectivity index (χ4n) is 2.15. The van der Waals surface area contributed by atoms with Gasteiger partial charge in [0.15, 0.2) is 0 Å². The van der Waals surface area contributed by atoms with Gasteiger partial charge in [-0.1, -0.05) is 30.3 Å². The molecule has 0 aliphatic rings. The molecule has 22 heavy (non-hydrogen) atoms. The lowest BCUT2D eigenvalue weighted by molar-refractivity contribution is -0.120. The van der Waals surface area contributed by atoms with Crippen LogP contribution in [-0.4, -0.2) is 19.6 Å². The number of methoxy groups -OCH3 is 1. The van der Waals surface area contributed by atoms with Crippen molar-refractivity contribution in [1.29, 1.82) is 0 Å². The Morgan fingerprint density at radius 2 is 1.73 bits per heavy atom. The predicted molar refractivity (Wildman–Crippen MR) is 105 cm³/mol. The van der Waals surface area contributed by atoms with Crippen molar-refractivity contribution in [3.05, 3.63) is 60.7 Å². The van der Waals surface area contributed by atoms with Crippen LogP contribution >= 0.6 is 45.2 Å². The number of ether oxygens (including phenoxy) is 1. The van der Waals surface area contributed by atoms with Gasteiger partial charge < -0.3 is 10.1 Å². The molecule has 5 heteroatoms. The highest BCUT2D eigenvalue weighted by molar-refractivity contribution is 14.1. The number of rotatable bonds is 6. The number of nitrogens with one attached hydrogen (secondary N) is 1. The molecule has 1 amide bonds. The molecule has 0 saturated carbocycles. The first-order valence-electron chi connectivity index (χ1n) is 6.92. The minimum absolute atomic E-state index is 0.0488. The molecule has 0 aliphatic carbocycles. The Labute approximate surface area is 158 Å². The lowest BCUT2D eigenvalue weighted by atomic mass is 10.1. The van der Waals surface area contributed by atoms with E-state index < -0.39 is 0 Å². The van der Waals surface area contributed by atoms with Crippen LogP contribution in [-0.2, 0) is 17.6 Å². The maximum atomic E-state index is 12.0. The van der Waals surface area contributed by atoms with Crippen molar-refractivity contribution >= 4 is 51.1 Å². The van der Waals surface area contributed by atoms with E-state index in [-0.39, 0.29) is 5.91 Å². The van der Waals surface area contributed by atoms with Crippen LogP contribution in [0.2, 0.25) is 0 Å². The second kappa shape index (κ2) is 8.71. The summed E-state index contributed by atoms with van der Waals surface area (Å²) in [5, 5.41) is 2.97. The molecule has 2 aromatic carbocycles.